The normalized spacial score (nSPS) is 31.7. The molecule has 2 unspecified atom stereocenters. The van der Waals surface area contributed by atoms with Gasteiger partial charge in [-0.2, -0.15) is 0 Å². The summed E-state index contributed by atoms with van der Waals surface area (Å²) < 4.78 is 0. The largest absolute Gasteiger partial charge is 0.351 e. The number of hydrogen-bond donors (Lipinski definition) is 1. The summed E-state index contributed by atoms with van der Waals surface area (Å²) in [7, 11) is 0. The molecule has 2 atom stereocenters. The molecule has 96 valence electrons. The van der Waals surface area contributed by atoms with E-state index in [2.05, 4.69) is 26.1 Å². The molecule has 2 saturated heterocycles. The van der Waals surface area contributed by atoms with Gasteiger partial charge in [0, 0.05) is 24.5 Å². The second-order valence-electron chi connectivity index (χ2n) is 6.07. The molecule has 3 aliphatic rings. The SMILES string of the molecule is CCC(C)(C)NC(=O)C1C2CC1CN(C=O)C2. The number of hydrogen-bond acceptors (Lipinski definition) is 2. The smallest absolute Gasteiger partial charge is 0.224 e. The molecule has 3 rings (SSSR count). The van der Waals surface area contributed by atoms with Crippen molar-refractivity contribution in [3.63, 3.8) is 0 Å². The molecule has 0 radical (unpaired) electrons. The molecule has 1 N–H and O–H groups in total. The lowest BCUT2D eigenvalue weighted by molar-refractivity contribution is -0.147. The quantitative estimate of drug-likeness (QED) is 0.743. The lowest BCUT2D eigenvalue weighted by Crippen LogP contribution is -2.61. The molecule has 1 saturated carbocycles. The Kier molecular flexibility index (Phi) is 3.15. The van der Waals surface area contributed by atoms with Crippen molar-refractivity contribution in [2.75, 3.05) is 13.1 Å². The number of piperidine rings is 2. The number of nitrogens with one attached hydrogen (secondary N) is 1. The second kappa shape index (κ2) is 4.31. The average Bonchev–Trinajstić information content (AvgIpc) is 2.28. The van der Waals surface area contributed by atoms with E-state index in [1.807, 2.05) is 0 Å². The summed E-state index contributed by atoms with van der Waals surface area (Å²) >= 11 is 0. The Balaban J connectivity index is 1.93. The minimum atomic E-state index is -0.120. The van der Waals surface area contributed by atoms with Crippen molar-refractivity contribution in [2.24, 2.45) is 17.8 Å². The molecular weight excluding hydrogens is 216 g/mol. The zero-order chi connectivity index (χ0) is 12.6. The predicted octanol–water partition coefficient (Wildman–Crippen LogP) is 1.02. The fourth-order valence-corrected chi connectivity index (χ4v) is 2.94. The van der Waals surface area contributed by atoms with Crippen LogP contribution in [-0.2, 0) is 9.59 Å². The lowest BCUT2D eigenvalue weighted by atomic mass is 9.61. The summed E-state index contributed by atoms with van der Waals surface area (Å²) in [5.74, 6) is 1.08. The number of fused-ring (bicyclic) bond motifs is 2. The molecule has 3 fully saturated rings. The van der Waals surface area contributed by atoms with Crippen LogP contribution in [0.2, 0.25) is 0 Å². The van der Waals surface area contributed by atoms with Crippen molar-refractivity contribution in [1.29, 1.82) is 0 Å². The first-order chi connectivity index (χ1) is 7.96. The van der Waals surface area contributed by atoms with Gasteiger partial charge in [0.05, 0.1) is 0 Å². The van der Waals surface area contributed by atoms with Gasteiger partial charge in [-0.15, -0.1) is 0 Å². The van der Waals surface area contributed by atoms with E-state index in [1.54, 1.807) is 4.90 Å². The van der Waals surface area contributed by atoms with Gasteiger partial charge in [0.2, 0.25) is 12.3 Å². The van der Waals surface area contributed by atoms with Crippen molar-refractivity contribution in [3.8, 4) is 0 Å². The number of rotatable bonds is 4. The summed E-state index contributed by atoms with van der Waals surface area (Å²) in [6, 6.07) is 0. The molecule has 0 aromatic rings. The molecular formula is C13H22N2O2. The number of carbonyl (C=O) groups excluding carboxylic acids is 2. The highest BCUT2D eigenvalue weighted by molar-refractivity contribution is 5.81. The third kappa shape index (κ3) is 2.31. The third-order valence-corrected chi connectivity index (χ3v) is 4.36. The van der Waals surface area contributed by atoms with E-state index in [9.17, 15) is 9.59 Å². The summed E-state index contributed by atoms with van der Waals surface area (Å²) in [6.45, 7) is 7.69. The Morgan fingerprint density at radius 3 is 2.47 bits per heavy atom. The second-order valence-corrected chi connectivity index (χ2v) is 6.07. The highest BCUT2D eigenvalue weighted by Crippen LogP contribution is 2.45. The van der Waals surface area contributed by atoms with Crippen LogP contribution in [-0.4, -0.2) is 35.8 Å². The van der Waals surface area contributed by atoms with Gasteiger partial charge < -0.3 is 10.2 Å². The summed E-state index contributed by atoms with van der Waals surface area (Å²) in [5, 5.41) is 3.12. The Labute approximate surface area is 103 Å². The Morgan fingerprint density at radius 2 is 2.00 bits per heavy atom. The fourth-order valence-electron chi connectivity index (χ4n) is 2.94. The lowest BCUT2D eigenvalue weighted by Gasteiger charge is -2.52. The van der Waals surface area contributed by atoms with Crippen LogP contribution in [0, 0.1) is 17.8 Å². The van der Waals surface area contributed by atoms with Gasteiger partial charge in [0.15, 0.2) is 0 Å². The molecule has 0 aromatic carbocycles. The van der Waals surface area contributed by atoms with E-state index >= 15 is 0 Å². The van der Waals surface area contributed by atoms with E-state index in [0.717, 1.165) is 32.3 Å². The summed E-state index contributed by atoms with van der Waals surface area (Å²) in [5.41, 5.74) is -0.120. The van der Waals surface area contributed by atoms with Crippen LogP contribution in [0.25, 0.3) is 0 Å². The van der Waals surface area contributed by atoms with Gasteiger partial charge in [0.1, 0.15) is 0 Å². The van der Waals surface area contributed by atoms with Crippen molar-refractivity contribution >= 4 is 12.3 Å². The van der Waals surface area contributed by atoms with Crippen LogP contribution in [0.5, 0.6) is 0 Å². The highest BCUT2D eigenvalue weighted by atomic mass is 16.2. The number of nitrogens with zero attached hydrogens (tertiary/aromatic N) is 1. The standard InChI is InChI=1S/C13H22N2O2/c1-4-13(2,3)14-12(17)11-9-5-10(11)7-15(6-9)8-16/h8-11H,4-7H2,1-3H3,(H,14,17). The third-order valence-electron chi connectivity index (χ3n) is 4.36. The zero-order valence-electron chi connectivity index (χ0n) is 10.9. The molecule has 0 aromatic heterocycles. The van der Waals surface area contributed by atoms with Crippen LogP contribution in [0.15, 0.2) is 0 Å². The van der Waals surface area contributed by atoms with Crippen molar-refractivity contribution in [1.82, 2.24) is 10.2 Å². The minimum Gasteiger partial charge on any atom is -0.351 e. The Morgan fingerprint density at radius 1 is 1.41 bits per heavy atom. The first-order valence-electron chi connectivity index (χ1n) is 6.48. The zero-order valence-corrected chi connectivity index (χ0v) is 10.9. The minimum absolute atomic E-state index is 0.120. The number of amides is 2. The summed E-state index contributed by atoms with van der Waals surface area (Å²) in [4.78, 5) is 24.7. The van der Waals surface area contributed by atoms with Gasteiger partial charge in [-0.3, -0.25) is 9.59 Å². The van der Waals surface area contributed by atoms with Crippen molar-refractivity contribution in [3.05, 3.63) is 0 Å². The molecule has 2 bridgehead atoms. The van der Waals surface area contributed by atoms with Gasteiger partial charge >= 0.3 is 0 Å². The van der Waals surface area contributed by atoms with Gasteiger partial charge in [-0.05, 0) is 38.5 Å². The Hall–Kier alpha value is -1.06. The molecule has 2 heterocycles. The number of carbonyl (C=O) groups is 2. The molecule has 1 aliphatic carbocycles. The summed E-state index contributed by atoms with van der Waals surface area (Å²) in [6.07, 6.45) is 2.94. The van der Waals surface area contributed by atoms with Gasteiger partial charge in [0.25, 0.3) is 0 Å². The van der Waals surface area contributed by atoms with Crippen LogP contribution in [0.3, 0.4) is 0 Å². The Bertz CT molecular complexity index is 315. The fraction of sp³-hybridized carbons (Fsp3) is 0.846. The van der Waals surface area contributed by atoms with Crippen LogP contribution >= 0.6 is 0 Å². The highest BCUT2D eigenvalue weighted by Gasteiger charge is 2.50. The monoisotopic (exact) mass is 238 g/mol. The maximum absolute atomic E-state index is 12.2. The first-order valence-corrected chi connectivity index (χ1v) is 6.48. The van der Waals surface area contributed by atoms with Crippen LogP contribution in [0.4, 0.5) is 0 Å². The van der Waals surface area contributed by atoms with E-state index in [4.69, 9.17) is 0 Å². The molecule has 4 heteroatoms. The molecule has 2 aliphatic heterocycles. The maximum Gasteiger partial charge on any atom is 0.224 e. The van der Waals surface area contributed by atoms with E-state index in [0.29, 0.717) is 11.8 Å². The molecule has 4 nitrogen and oxygen atoms in total. The van der Waals surface area contributed by atoms with E-state index in [-0.39, 0.29) is 17.4 Å². The maximum atomic E-state index is 12.2. The van der Waals surface area contributed by atoms with Crippen LogP contribution in [0.1, 0.15) is 33.6 Å². The van der Waals surface area contributed by atoms with E-state index in [1.165, 1.54) is 0 Å². The van der Waals surface area contributed by atoms with E-state index < -0.39 is 0 Å². The topological polar surface area (TPSA) is 49.4 Å². The van der Waals surface area contributed by atoms with Crippen molar-refractivity contribution in [2.45, 2.75) is 39.2 Å². The van der Waals surface area contributed by atoms with Gasteiger partial charge in [-0.25, -0.2) is 0 Å². The molecule has 2 amide bonds. The van der Waals surface area contributed by atoms with Gasteiger partial charge in [-0.1, -0.05) is 6.92 Å². The first kappa shape index (κ1) is 12.4. The van der Waals surface area contributed by atoms with Crippen molar-refractivity contribution < 1.29 is 9.59 Å². The van der Waals surface area contributed by atoms with Crippen LogP contribution < -0.4 is 5.32 Å². The predicted molar refractivity (Wildman–Crippen MR) is 65.2 cm³/mol. The molecule has 0 spiro atoms. The average molecular weight is 238 g/mol. The molecule has 17 heavy (non-hydrogen) atoms.